The Morgan fingerprint density at radius 2 is 1.52 bits per heavy atom. The van der Waals surface area contributed by atoms with Crippen molar-refractivity contribution in [3.63, 3.8) is 0 Å². The first kappa shape index (κ1) is 15.6. The molecule has 2 heteroatoms. The van der Waals surface area contributed by atoms with E-state index in [-0.39, 0.29) is 0 Å². The Morgan fingerprint density at radius 3 is 2.10 bits per heavy atom. The third kappa shape index (κ3) is 3.85. The minimum atomic E-state index is 0.352. The molecule has 0 aliphatic carbocycles. The molecule has 0 aromatic heterocycles. The topological polar surface area (TPSA) is 21.3 Å². The molecule has 1 N–H and O–H groups in total. The van der Waals surface area contributed by atoms with Crippen LogP contribution >= 0.6 is 0 Å². The van der Waals surface area contributed by atoms with Crippen LogP contribution in [0.25, 0.3) is 0 Å². The quantitative estimate of drug-likeness (QED) is 0.815. The van der Waals surface area contributed by atoms with E-state index in [1.165, 1.54) is 11.1 Å². The van der Waals surface area contributed by atoms with Gasteiger partial charge in [0.1, 0.15) is 11.5 Å². The zero-order chi connectivity index (χ0) is 15.4. The normalized spacial score (nSPS) is 12.5. The fourth-order valence-electron chi connectivity index (χ4n) is 2.20. The number of aryl methyl sites for hydroxylation is 1. The van der Waals surface area contributed by atoms with Crippen molar-refractivity contribution >= 4 is 0 Å². The second-order valence-electron chi connectivity index (χ2n) is 5.86. The third-order valence-corrected chi connectivity index (χ3v) is 3.92. The van der Waals surface area contributed by atoms with E-state index < -0.39 is 0 Å². The Bertz CT molecular complexity index is 587. The molecule has 0 fully saturated rings. The van der Waals surface area contributed by atoms with Crippen molar-refractivity contribution in [3.05, 3.63) is 59.2 Å². The second kappa shape index (κ2) is 6.77. The van der Waals surface area contributed by atoms with Gasteiger partial charge in [0, 0.05) is 6.04 Å². The number of benzene rings is 2. The molecule has 0 radical (unpaired) electrons. The molecule has 112 valence electrons. The molecule has 0 heterocycles. The lowest BCUT2D eigenvalue weighted by Gasteiger charge is -2.14. The molecule has 0 saturated carbocycles. The maximum absolute atomic E-state index is 6.05. The Balaban J connectivity index is 2.20. The van der Waals surface area contributed by atoms with E-state index in [1.807, 2.05) is 19.2 Å². The zero-order valence-corrected chi connectivity index (χ0v) is 13.6. The van der Waals surface area contributed by atoms with Crippen molar-refractivity contribution in [1.29, 1.82) is 0 Å². The van der Waals surface area contributed by atoms with Crippen LogP contribution in [-0.2, 0) is 0 Å². The van der Waals surface area contributed by atoms with Crippen LogP contribution in [0.2, 0.25) is 0 Å². The van der Waals surface area contributed by atoms with Crippen LogP contribution in [-0.4, -0.2) is 7.05 Å². The smallest absolute Gasteiger partial charge is 0.130 e. The van der Waals surface area contributed by atoms with E-state index in [9.17, 15) is 0 Å². The van der Waals surface area contributed by atoms with Crippen LogP contribution < -0.4 is 10.1 Å². The lowest BCUT2D eigenvalue weighted by Crippen LogP contribution is -2.11. The van der Waals surface area contributed by atoms with E-state index in [4.69, 9.17) is 4.74 Å². The molecular formula is C19H25NO. The van der Waals surface area contributed by atoms with Gasteiger partial charge in [0.15, 0.2) is 0 Å². The molecule has 2 rings (SSSR count). The molecule has 0 amide bonds. The van der Waals surface area contributed by atoms with Gasteiger partial charge in [-0.15, -0.1) is 0 Å². The number of ether oxygens (including phenoxy) is 1. The summed E-state index contributed by atoms with van der Waals surface area (Å²) in [4.78, 5) is 0. The summed E-state index contributed by atoms with van der Waals surface area (Å²) in [6, 6.07) is 15.1. The first-order chi connectivity index (χ1) is 10.0. The molecule has 2 aromatic rings. The summed E-state index contributed by atoms with van der Waals surface area (Å²) in [5.41, 5.74) is 3.72. The summed E-state index contributed by atoms with van der Waals surface area (Å²) in [6.07, 6.45) is 0. The summed E-state index contributed by atoms with van der Waals surface area (Å²) in [6.45, 7) is 8.62. The van der Waals surface area contributed by atoms with Gasteiger partial charge < -0.3 is 10.1 Å². The summed E-state index contributed by atoms with van der Waals surface area (Å²) in [5, 5.41) is 3.24. The van der Waals surface area contributed by atoms with E-state index >= 15 is 0 Å². The summed E-state index contributed by atoms with van der Waals surface area (Å²) in [7, 11) is 1.97. The van der Waals surface area contributed by atoms with Gasteiger partial charge in [-0.05, 0) is 61.7 Å². The van der Waals surface area contributed by atoms with Gasteiger partial charge in [-0.3, -0.25) is 0 Å². The minimum Gasteiger partial charge on any atom is -0.457 e. The highest BCUT2D eigenvalue weighted by Gasteiger charge is 2.07. The van der Waals surface area contributed by atoms with Gasteiger partial charge >= 0.3 is 0 Å². The van der Waals surface area contributed by atoms with Crippen LogP contribution in [0.15, 0.2) is 42.5 Å². The van der Waals surface area contributed by atoms with Gasteiger partial charge in [-0.2, -0.15) is 0 Å². The summed E-state index contributed by atoms with van der Waals surface area (Å²) < 4.78 is 6.05. The zero-order valence-electron chi connectivity index (χ0n) is 13.6. The fraction of sp³-hybridized carbons (Fsp3) is 0.368. The van der Waals surface area contributed by atoms with Gasteiger partial charge in [0.05, 0.1) is 0 Å². The molecule has 0 aliphatic rings. The second-order valence-corrected chi connectivity index (χ2v) is 5.86. The standard InChI is InChI=1S/C19H25NO/c1-13(2)17-7-6-14(3)19(12-17)21-18-10-8-16(9-11-18)15(4)20-5/h6-13,15,20H,1-5H3. The number of hydrogen-bond donors (Lipinski definition) is 1. The minimum absolute atomic E-state index is 0.352. The number of nitrogens with one attached hydrogen (secondary N) is 1. The largest absolute Gasteiger partial charge is 0.457 e. The van der Waals surface area contributed by atoms with Crippen LogP contribution in [0.4, 0.5) is 0 Å². The lowest BCUT2D eigenvalue weighted by atomic mass is 10.0. The van der Waals surface area contributed by atoms with Gasteiger partial charge in [-0.1, -0.05) is 38.1 Å². The average molecular weight is 283 g/mol. The van der Waals surface area contributed by atoms with Crippen LogP contribution in [0, 0.1) is 6.92 Å². The van der Waals surface area contributed by atoms with Gasteiger partial charge in [0.2, 0.25) is 0 Å². The van der Waals surface area contributed by atoms with Crippen molar-refractivity contribution in [2.45, 2.75) is 39.7 Å². The van der Waals surface area contributed by atoms with Crippen molar-refractivity contribution < 1.29 is 4.74 Å². The molecule has 2 nitrogen and oxygen atoms in total. The van der Waals surface area contributed by atoms with Crippen molar-refractivity contribution in [2.75, 3.05) is 7.05 Å². The van der Waals surface area contributed by atoms with Crippen molar-refractivity contribution in [1.82, 2.24) is 5.32 Å². The highest BCUT2D eigenvalue weighted by molar-refractivity contribution is 5.41. The molecular weight excluding hydrogens is 258 g/mol. The summed E-state index contributed by atoms with van der Waals surface area (Å²) >= 11 is 0. The first-order valence-corrected chi connectivity index (χ1v) is 7.57. The van der Waals surface area contributed by atoms with Crippen LogP contribution in [0.5, 0.6) is 11.5 Å². The first-order valence-electron chi connectivity index (χ1n) is 7.57. The molecule has 0 saturated heterocycles. The van der Waals surface area contributed by atoms with E-state index in [2.05, 4.69) is 63.3 Å². The Labute approximate surface area is 128 Å². The predicted octanol–water partition coefficient (Wildman–Crippen LogP) is 5.19. The van der Waals surface area contributed by atoms with E-state index in [1.54, 1.807) is 0 Å². The molecule has 21 heavy (non-hydrogen) atoms. The molecule has 0 bridgehead atoms. The van der Waals surface area contributed by atoms with E-state index in [0.717, 1.165) is 17.1 Å². The van der Waals surface area contributed by atoms with Crippen LogP contribution in [0.1, 0.15) is 49.4 Å². The SMILES string of the molecule is CNC(C)c1ccc(Oc2cc(C(C)C)ccc2C)cc1. The monoisotopic (exact) mass is 283 g/mol. The maximum Gasteiger partial charge on any atom is 0.130 e. The third-order valence-electron chi connectivity index (χ3n) is 3.92. The van der Waals surface area contributed by atoms with Crippen molar-refractivity contribution in [3.8, 4) is 11.5 Å². The predicted molar refractivity (Wildman–Crippen MR) is 89.3 cm³/mol. The van der Waals surface area contributed by atoms with Gasteiger partial charge in [0.25, 0.3) is 0 Å². The molecule has 1 unspecified atom stereocenters. The molecule has 0 spiro atoms. The lowest BCUT2D eigenvalue weighted by molar-refractivity contribution is 0.477. The van der Waals surface area contributed by atoms with E-state index in [0.29, 0.717) is 12.0 Å². The molecule has 2 aromatic carbocycles. The Hall–Kier alpha value is -1.80. The number of rotatable bonds is 5. The summed E-state index contributed by atoms with van der Waals surface area (Å²) in [5.74, 6) is 2.33. The Morgan fingerprint density at radius 1 is 0.905 bits per heavy atom. The Kier molecular flexibility index (Phi) is 5.03. The molecule has 1 atom stereocenters. The fourth-order valence-corrected chi connectivity index (χ4v) is 2.20. The highest BCUT2D eigenvalue weighted by atomic mass is 16.5. The highest BCUT2D eigenvalue weighted by Crippen LogP contribution is 2.29. The van der Waals surface area contributed by atoms with Gasteiger partial charge in [-0.25, -0.2) is 0 Å². The number of hydrogen-bond acceptors (Lipinski definition) is 2. The average Bonchev–Trinajstić information content (AvgIpc) is 2.49. The van der Waals surface area contributed by atoms with Crippen LogP contribution in [0.3, 0.4) is 0 Å². The van der Waals surface area contributed by atoms with Crippen molar-refractivity contribution in [2.24, 2.45) is 0 Å². The maximum atomic E-state index is 6.05. The molecule has 0 aliphatic heterocycles.